The number of aromatic nitrogens is 1. The fourth-order valence-electron chi connectivity index (χ4n) is 2.76. The Balaban J connectivity index is 1.92. The summed E-state index contributed by atoms with van der Waals surface area (Å²) in [5.41, 5.74) is 1.92. The van der Waals surface area contributed by atoms with Crippen molar-refractivity contribution in [2.45, 2.75) is 13.5 Å². The zero-order chi connectivity index (χ0) is 18.0. The summed E-state index contributed by atoms with van der Waals surface area (Å²) >= 11 is 6.05. The van der Waals surface area contributed by atoms with Crippen molar-refractivity contribution in [3.63, 3.8) is 0 Å². The van der Waals surface area contributed by atoms with Crippen molar-refractivity contribution in [1.82, 2.24) is 9.88 Å². The summed E-state index contributed by atoms with van der Waals surface area (Å²) in [4.78, 5) is 24.5. The third-order valence-corrected chi connectivity index (χ3v) is 4.22. The van der Waals surface area contributed by atoms with Gasteiger partial charge in [0.1, 0.15) is 5.75 Å². The molecule has 1 heterocycles. The Bertz CT molecular complexity index is 962. The number of nitrogens with zero attached hydrogens (tertiary/aromatic N) is 1. The van der Waals surface area contributed by atoms with Gasteiger partial charge in [0.2, 0.25) is 5.91 Å². The maximum Gasteiger partial charge on any atom is 0.253 e. The summed E-state index contributed by atoms with van der Waals surface area (Å²) < 4.78 is 6.74. The van der Waals surface area contributed by atoms with E-state index in [-0.39, 0.29) is 11.8 Å². The first-order valence-electron chi connectivity index (χ1n) is 7.73. The van der Waals surface area contributed by atoms with Crippen LogP contribution in [-0.2, 0) is 6.54 Å². The summed E-state index contributed by atoms with van der Waals surface area (Å²) in [7, 11) is 1.59. The molecule has 6 heteroatoms. The molecule has 0 fully saturated rings. The van der Waals surface area contributed by atoms with E-state index >= 15 is 0 Å². The van der Waals surface area contributed by atoms with Crippen LogP contribution in [0, 0.1) is 0 Å². The Morgan fingerprint density at radius 1 is 1.20 bits per heavy atom. The zero-order valence-corrected chi connectivity index (χ0v) is 14.6. The van der Waals surface area contributed by atoms with Crippen LogP contribution in [0.4, 0.5) is 0 Å². The second-order valence-electron chi connectivity index (χ2n) is 5.59. The summed E-state index contributed by atoms with van der Waals surface area (Å²) in [5.74, 6) is 0.256. The van der Waals surface area contributed by atoms with Crippen LogP contribution in [0.5, 0.6) is 5.75 Å². The number of rotatable bonds is 4. The maximum absolute atomic E-state index is 12.7. The Morgan fingerprint density at radius 3 is 2.68 bits per heavy atom. The van der Waals surface area contributed by atoms with Crippen molar-refractivity contribution in [3.8, 4) is 5.75 Å². The van der Waals surface area contributed by atoms with Gasteiger partial charge < -0.3 is 10.1 Å². The molecule has 128 valence electrons. The number of carbonyl (C=O) groups is 2. The highest BCUT2D eigenvalue weighted by Crippen LogP contribution is 2.25. The zero-order valence-electron chi connectivity index (χ0n) is 13.9. The molecule has 0 saturated heterocycles. The van der Waals surface area contributed by atoms with Gasteiger partial charge in [-0.05, 0) is 24.3 Å². The van der Waals surface area contributed by atoms with Crippen LogP contribution in [0.2, 0.25) is 5.02 Å². The highest BCUT2D eigenvalue weighted by atomic mass is 35.5. The topological polar surface area (TPSA) is 60.3 Å². The molecule has 25 heavy (non-hydrogen) atoms. The first-order valence-corrected chi connectivity index (χ1v) is 8.10. The minimum atomic E-state index is -0.279. The van der Waals surface area contributed by atoms with E-state index in [1.807, 2.05) is 24.3 Å². The van der Waals surface area contributed by atoms with Crippen LogP contribution < -0.4 is 10.1 Å². The summed E-state index contributed by atoms with van der Waals surface area (Å²) in [5, 5.41) is 4.01. The molecule has 3 rings (SSSR count). The van der Waals surface area contributed by atoms with Gasteiger partial charge in [0.15, 0.2) is 0 Å². The van der Waals surface area contributed by atoms with Gasteiger partial charge in [0.05, 0.1) is 18.2 Å². The lowest BCUT2D eigenvalue weighted by atomic mass is 10.1. The lowest BCUT2D eigenvalue weighted by molar-refractivity contribution is 0.0941. The predicted octanol–water partition coefficient (Wildman–Crippen LogP) is 3.89. The van der Waals surface area contributed by atoms with Crippen LogP contribution >= 0.6 is 11.6 Å². The second-order valence-corrected chi connectivity index (χ2v) is 6.02. The van der Waals surface area contributed by atoms with Crippen LogP contribution in [0.1, 0.15) is 27.6 Å². The molecule has 1 amide bonds. The number of para-hydroxylation sites is 1. The van der Waals surface area contributed by atoms with Crippen LogP contribution in [0.25, 0.3) is 10.9 Å². The molecule has 3 aromatic rings. The number of ether oxygens (including phenoxy) is 1. The van der Waals surface area contributed by atoms with E-state index < -0.39 is 0 Å². The number of carbonyl (C=O) groups excluding carboxylic acids is 2. The van der Waals surface area contributed by atoms with Gasteiger partial charge in [0.25, 0.3) is 5.91 Å². The van der Waals surface area contributed by atoms with Crippen LogP contribution in [0.15, 0.2) is 48.7 Å². The Morgan fingerprint density at radius 2 is 1.96 bits per heavy atom. The largest absolute Gasteiger partial charge is 0.496 e. The molecule has 0 aliphatic rings. The van der Waals surface area contributed by atoms with E-state index in [1.54, 1.807) is 31.5 Å². The fraction of sp³-hybridized carbons (Fsp3) is 0.158. The number of hydrogen-bond donors (Lipinski definition) is 1. The number of benzene rings is 2. The molecule has 0 bridgehead atoms. The van der Waals surface area contributed by atoms with Gasteiger partial charge in [0, 0.05) is 35.6 Å². The number of amides is 1. The Labute approximate surface area is 150 Å². The number of halogens is 1. The fourth-order valence-corrected chi connectivity index (χ4v) is 2.94. The highest BCUT2D eigenvalue weighted by molar-refractivity contribution is 6.31. The molecule has 0 radical (unpaired) electrons. The van der Waals surface area contributed by atoms with Crippen molar-refractivity contribution in [3.05, 3.63) is 64.8 Å². The monoisotopic (exact) mass is 356 g/mol. The van der Waals surface area contributed by atoms with Crippen LogP contribution in [0.3, 0.4) is 0 Å². The first-order chi connectivity index (χ1) is 12.0. The van der Waals surface area contributed by atoms with Crippen molar-refractivity contribution in [1.29, 1.82) is 0 Å². The molecule has 0 aliphatic carbocycles. The molecule has 0 aliphatic heterocycles. The average molecular weight is 357 g/mol. The van der Waals surface area contributed by atoms with Gasteiger partial charge in [-0.25, -0.2) is 0 Å². The number of fused-ring (bicyclic) bond motifs is 1. The van der Waals surface area contributed by atoms with Crippen molar-refractivity contribution < 1.29 is 14.3 Å². The van der Waals surface area contributed by atoms with Gasteiger partial charge in [-0.2, -0.15) is 0 Å². The van der Waals surface area contributed by atoms with E-state index in [0.29, 0.717) is 33.8 Å². The quantitative estimate of drug-likeness (QED) is 0.771. The Kier molecular flexibility index (Phi) is 4.76. The SMILES string of the molecule is COc1ccccc1CNC(=O)c1cn(C(C)=O)c2ccc(Cl)cc12. The lowest BCUT2D eigenvalue weighted by Crippen LogP contribution is -2.23. The summed E-state index contributed by atoms with van der Waals surface area (Å²) in [6.45, 7) is 1.76. The summed E-state index contributed by atoms with van der Waals surface area (Å²) in [6, 6.07) is 12.6. The smallest absolute Gasteiger partial charge is 0.253 e. The number of nitrogens with one attached hydrogen (secondary N) is 1. The molecular weight excluding hydrogens is 340 g/mol. The molecule has 0 unspecified atom stereocenters. The molecule has 0 saturated carbocycles. The van der Waals surface area contributed by atoms with E-state index in [2.05, 4.69) is 5.32 Å². The van der Waals surface area contributed by atoms with Crippen molar-refractivity contribution in [2.24, 2.45) is 0 Å². The van der Waals surface area contributed by atoms with E-state index in [9.17, 15) is 9.59 Å². The second kappa shape index (κ2) is 6.99. The van der Waals surface area contributed by atoms with Gasteiger partial charge >= 0.3 is 0 Å². The number of methoxy groups -OCH3 is 1. The van der Waals surface area contributed by atoms with Gasteiger partial charge in [-0.3, -0.25) is 14.2 Å². The van der Waals surface area contributed by atoms with Crippen molar-refractivity contribution in [2.75, 3.05) is 7.11 Å². The minimum Gasteiger partial charge on any atom is -0.496 e. The third-order valence-electron chi connectivity index (χ3n) is 3.98. The predicted molar refractivity (Wildman–Crippen MR) is 97.4 cm³/mol. The minimum absolute atomic E-state index is 0.170. The average Bonchev–Trinajstić information content (AvgIpc) is 2.98. The molecule has 1 aromatic heterocycles. The highest BCUT2D eigenvalue weighted by Gasteiger charge is 2.17. The normalized spacial score (nSPS) is 10.7. The van der Waals surface area contributed by atoms with Crippen LogP contribution in [-0.4, -0.2) is 23.5 Å². The standard InChI is InChI=1S/C19H17ClN2O3/c1-12(23)22-11-16(15-9-14(20)7-8-17(15)22)19(24)21-10-13-5-3-4-6-18(13)25-2/h3-9,11H,10H2,1-2H3,(H,21,24). The Hall–Kier alpha value is -2.79. The molecule has 0 atom stereocenters. The summed E-state index contributed by atoms with van der Waals surface area (Å²) in [6.07, 6.45) is 1.54. The molecule has 1 N–H and O–H groups in total. The molecule has 0 spiro atoms. The molecule has 2 aromatic carbocycles. The first kappa shape index (κ1) is 17.0. The van der Waals surface area contributed by atoms with E-state index in [4.69, 9.17) is 16.3 Å². The third kappa shape index (κ3) is 3.37. The van der Waals surface area contributed by atoms with E-state index in [0.717, 1.165) is 5.56 Å². The molecular formula is C19H17ClN2O3. The van der Waals surface area contributed by atoms with Gasteiger partial charge in [-0.1, -0.05) is 29.8 Å². The maximum atomic E-state index is 12.7. The lowest BCUT2D eigenvalue weighted by Gasteiger charge is -2.09. The van der Waals surface area contributed by atoms with E-state index in [1.165, 1.54) is 11.5 Å². The van der Waals surface area contributed by atoms with Crippen molar-refractivity contribution >= 4 is 34.3 Å². The van der Waals surface area contributed by atoms with Gasteiger partial charge in [-0.15, -0.1) is 0 Å². The molecule has 5 nitrogen and oxygen atoms in total. The number of hydrogen-bond acceptors (Lipinski definition) is 3.